The molecule has 2 amide bonds. The number of likely N-dealkylation sites (tertiary alicyclic amines) is 1. The third kappa shape index (κ3) is 12.1. The van der Waals surface area contributed by atoms with Crippen LogP contribution in [0, 0.1) is 5.92 Å². The smallest absolute Gasteiger partial charge is 0.410 e. The minimum Gasteiger partial charge on any atom is -0.480 e. The molecular weight excluding hydrogens is 813 g/mol. The number of piperidine rings is 1. The predicted molar refractivity (Wildman–Crippen MR) is 246 cm³/mol. The first kappa shape index (κ1) is 47.3. The summed E-state index contributed by atoms with van der Waals surface area (Å²) in [6.45, 7) is 15.1. The number of methoxy groups -OCH3 is 1. The Balaban J connectivity index is 1.30. The predicted octanol–water partition coefficient (Wildman–Crippen LogP) is 9.92. The number of aliphatic carboxylic acids is 1. The van der Waals surface area contributed by atoms with Crippen LogP contribution < -0.4 is 5.32 Å². The molecule has 3 atom stereocenters. The van der Waals surface area contributed by atoms with Crippen LogP contribution in [0.3, 0.4) is 0 Å². The molecule has 2 aromatic heterocycles. The highest BCUT2D eigenvalue weighted by molar-refractivity contribution is 5.95. The van der Waals surface area contributed by atoms with E-state index in [1.165, 1.54) is 0 Å². The van der Waals surface area contributed by atoms with Gasteiger partial charge in [-0.1, -0.05) is 60.7 Å². The van der Waals surface area contributed by atoms with Gasteiger partial charge in [0.2, 0.25) is 0 Å². The lowest BCUT2D eigenvalue weighted by atomic mass is 9.91. The molecule has 1 fully saturated rings. The van der Waals surface area contributed by atoms with E-state index in [9.17, 15) is 24.3 Å². The molecule has 1 aliphatic heterocycles. The lowest BCUT2D eigenvalue weighted by Crippen LogP contribution is -2.43. The first-order chi connectivity index (χ1) is 30.4. The third-order valence-corrected chi connectivity index (χ3v) is 11.4. The Morgan fingerprint density at radius 2 is 1.64 bits per heavy atom. The molecule has 13 nitrogen and oxygen atoms in total. The number of hydrogen-bond donors (Lipinski definition) is 2. The van der Waals surface area contributed by atoms with Crippen molar-refractivity contribution in [2.24, 2.45) is 5.92 Å². The van der Waals surface area contributed by atoms with E-state index in [2.05, 4.69) is 35.0 Å². The molecule has 0 spiro atoms. The summed E-state index contributed by atoms with van der Waals surface area (Å²) in [6, 6.07) is 25.8. The lowest BCUT2D eigenvalue weighted by Gasteiger charge is -2.34. The molecule has 2 N–H and O–H groups in total. The Hall–Kier alpha value is -6.21. The standard InChI is InChI=1S/C51H62N4O9/c1-9-55-43-23-22-38(37-20-13-18-35(26-37)27-42(47(57)58)53-48(59)62-32-34-16-11-10-12-17-34)29-40(43)41(46(55)39-21-14-24-52-45(39)33(2)61-8)30-51(6,7)63-44(56)28-36-19-15-25-54(31-36)49(60)64-50(3,4)5/h10-14,16-18,20-24,26,29,33,36,42H,9,15,19,25,27-28,30-32H2,1-8H3,(H,53,59)(H,57,58)/t33?,36-,42?/m1/s1. The van der Waals surface area contributed by atoms with Gasteiger partial charge < -0.3 is 38.8 Å². The van der Waals surface area contributed by atoms with Crippen LogP contribution in [0.25, 0.3) is 33.3 Å². The Labute approximate surface area is 376 Å². The van der Waals surface area contributed by atoms with Gasteiger partial charge in [-0.2, -0.15) is 0 Å². The van der Waals surface area contributed by atoms with Gasteiger partial charge in [0, 0.05) is 62.2 Å². The van der Waals surface area contributed by atoms with E-state index in [4.69, 9.17) is 23.9 Å². The van der Waals surface area contributed by atoms with Crippen molar-refractivity contribution in [3.63, 3.8) is 0 Å². The number of nitrogens with zero attached hydrogens (tertiary/aromatic N) is 3. The topological polar surface area (TPSA) is 159 Å². The zero-order chi connectivity index (χ0) is 46.2. The van der Waals surface area contributed by atoms with Gasteiger partial charge in [0.15, 0.2) is 0 Å². The second-order valence-corrected chi connectivity index (χ2v) is 18.2. The number of carbonyl (C=O) groups is 4. The highest BCUT2D eigenvalue weighted by Crippen LogP contribution is 2.41. The molecule has 2 unspecified atom stereocenters. The van der Waals surface area contributed by atoms with Gasteiger partial charge in [-0.05, 0) is 119 Å². The van der Waals surface area contributed by atoms with Gasteiger partial charge in [0.1, 0.15) is 23.9 Å². The molecule has 3 heterocycles. The number of amides is 2. The summed E-state index contributed by atoms with van der Waals surface area (Å²) in [4.78, 5) is 58.1. The molecule has 0 radical (unpaired) electrons. The van der Waals surface area contributed by atoms with E-state index in [1.807, 2.05) is 108 Å². The molecule has 0 bridgehead atoms. The summed E-state index contributed by atoms with van der Waals surface area (Å²) in [6.07, 6.45) is 2.45. The van der Waals surface area contributed by atoms with Crippen molar-refractivity contribution in [2.75, 3.05) is 20.2 Å². The van der Waals surface area contributed by atoms with Crippen molar-refractivity contribution in [1.82, 2.24) is 19.8 Å². The molecule has 64 heavy (non-hydrogen) atoms. The van der Waals surface area contributed by atoms with Crippen LogP contribution in [0.2, 0.25) is 0 Å². The number of carbonyl (C=O) groups excluding carboxylic acids is 3. The number of rotatable bonds is 16. The van der Waals surface area contributed by atoms with E-state index in [0.717, 1.165) is 62.9 Å². The summed E-state index contributed by atoms with van der Waals surface area (Å²) in [7, 11) is 1.66. The Kier molecular flexibility index (Phi) is 15.2. The minimum absolute atomic E-state index is 0.0181. The fraction of sp³-hybridized carbons (Fsp3) is 0.431. The van der Waals surface area contributed by atoms with Crippen LogP contribution in [0.5, 0.6) is 0 Å². The quantitative estimate of drug-likeness (QED) is 0.0722. The van der Waals surface area contributed by atoms with Crippen LogP contribution in [0.15, 0.2) is 91.1 Å². The average molecular weight is 875 g/mol. The molecule has 3 aromatic carbocycles. The van der Waals surface area contributed by atoms with Crippen molar-refractivity contribution in [1.29, 1.82) is 0 Å². The SMILES string of the molecule is CCn1c(-c2cccnc2C(C)OC)c(CC(C)(C)OC(=O)C[C@H]2CCCN(C(=O)OC(C)(C)C)C2)c2cc(-c3cccc(CC(NC(=O)OCc4ccccc4)C(=O)O)c3)ccc21. The number of hydrogen-bond acceptors (Lipinski definition) is 9. The second kappa shape index (κ2) is 20.5. The zero-order valence-corrected chi connectivity index (χ0v) is 38.3. The van der Waals surface area contributed by atoms with E-state index in [1.54, 1.807) is 18.2 Å². The average Bonchev–Trinajstić information content (AvgIpc) is 3.56. The van der Waals surface area contributed by atoms with Crippen LogP contribution >= 0.6 is 0 Å². The van der Waals surface area contributed by atoms with E-state index >= 15 is 0 Å². The maximum atomic E-state index is 13.8. The molecule has 1 aliphatic rings. The van der Waals surface area contributed by atoms with E-state index < -0.39 is 29.3 Å². The lowest BCUT2D eigenvalue weighted by molar-refractivity contribution is -0.158. The van der Waals surface area contributed by atoms with Gasteiger partial charge in [0.25, 0.3) is 0 Å². The largest absolute Gasteiger partial charge is 0.480 e. The Morgan fingerprint density at radius 3 is 2.34 bits per heavy atom. The van der Waals surface area contributed by atoms with Gasteiger partial charge >= 0.3 is 24.1 Å². The van der Waals surface area contributed by atoms with Gasteiger partial charge in [0.05, 0.1) is 23.9 Å². The molecule has 6 rings (SSSR count). The van der Waals surface area contributed by atoms with E-state index in [-0.39, 0.29) is 43.5 Å². The normalized spacial score (nSPS) is 15.3. The summed E-state index contributed by atoms with van der Waals surface area (Å²) < 4.78 is 25.3. The van der Waals surface area contributed by atoms with E-state index in [0.29, 0.717) is 31.6 Å². The summed E-state index contributed by atoms with van der Waals surface area (Å²) in [5.74, 6) is -1.55. The first-order valence-electron chi connectivity index (χ1n) is 22.1. The minimum atomic E-state index is -1.22. The van der Waals surface area contributed by atoms with Crippen LogP contribution in [-0.2, 0) is 54.5 Å². The fourth-order valence-corrected chi connectivity index (χ4v) is 8.46. The number of fused-ring (bicyclic) bond motifs is 1. The Bertz CT molecular complexity index is 2440. The summed E-state index contributed by atoms with van der Waals surface area (Å²) in [5.41, 5.74) is 6.33. The van der Waals surface area contributed by atoms with Gasteiger partial charge in [-0.3, -0.25) is 9.78 Å². The molecule has 5 aromatic rings. The summed E-state index contributed by atoms with van der Waals surface area (Å²) >= 11 is 0. The highest BCUT2D eigenvalue weighted by Gasteiger charge is 2.33. The van der Waals surface area contributed by atoms with Crippen molar-refractivity contribution >= 4 is 35.0 Å². The number of ether oxygens (including phenoxy) is 4. The number of benzene rings is 3. The van der Waals surface area contributed by atoms with Crippen molar-refractivity contribution in [3.05, 3.63) is 114 Å². The van der Waals surface area contributed by atoms with Crippen LogP contribution in [0.1, 0.15) is 96.2 Å². The van der Waals surface area contributed by atoms with Crippen LogP contribution in [0.4, 0.5) is 9.59 Å². The molecule has 13 heteroatoms. The number of nitrogens with one attached hydrogen (secondary N) is 1. The van der Waals surface area contributed by atoms with Gasteiger partial charge in [-0.15, -0.1) is 0 Å². The molecular formula is C51H62N4O9. The highest BCUT2D eigenvalue weighted by atomic mass is 16.6. The second-order valence-electron chi connectivity index (χ2n) is 18.2. The summed E-state index contributed by atoms with van der Waals surface area (Å²) in [5, 5.41) is 13.6. The molecule has 0 aliphatic carbocycles. The number of pyridine rings is 1. The number of esters is 1. The maximum Gasteiger partial charge on any atom is 0.410 e. The Morgan fingerprint density at radius 1 is 0.906 bits per heavy atom. The number of carboxylic acids is 1. The number of alkyl carbamates (subject to hydrolysis) is 1. The maximum absolute atomic E-state index is 13.8. The molecule has 1 saturated heterocycles. The number of aryl methyl sites for hydroxylation is 1. The fourth-order valence-electron chi connectivity index (χ4n) is 8.46. The number of aromatic nitrogens is 2. The number of carboxylic acid groups (broad SMARTS) is 1. The molecule has 0 saturated carbocycles. The van der Waals surface area contributed by atoms with Crippen molar-refractivity contribution < 1.29 is 43.2 Å². The molecule has 340 valence electrons. The van der Waals surface area contributed by atoms with Crippen molar-refractivity contribution in [3.8, 4) is 22.4 Å². The zero-order valence-electron chi connectivity index (χ0n) is 38.3. The van der Waals surface area contributed by atoms with Crippen LogP contribution in [-0.4, -0.2) is 81.1 Å². The first-order valence-corrected chi connectivity index (χ1v) is 22.1. The monoisotopic (exact) mass is 874 g/mol. The third-order valence-electron chi connectivity index (χ3n) is 11.4. The van der Waals surface area contributed by atoms with Gasteiger partial charge in [-0.25, -0.2) is 14.4 Å². The van der Waals surface area contributed by atoms with Crippen molar-refractivity contribution in [2.45, 2.75) is 117 Å².